The molecule has 0 aliphatic carbocycles. The Morgan fingerprint density at radius 3 is 2.55 bits per heavy atom. The molecule has 176 valence electrons. The van der Waals surface area contributed by atoms with Crippen molar-refractivity contribution in [3.8, 4) is 0 Å². The molecule has 8 nitrogen and oxygen atoms in total. The van der Waals surface area contributed by atoms with Crippen LogP contribution in [0.2, 0.25) is 0 Å². The Balaban J connectivity index is 1.16. The molecule has 8 heteroatoms. The fourth-order valence-electron chi connectivity index (χ4n) is 4.43. The maximum atomic E-state index is 12.7. The average Bonchev–Trinajstić information content (AvgIpc) is 3.33. The van der Waals surface area contributed by atoms with Crippen LogP contribution in [0.5, 0.6) is 0 Å². The van der Waals surface area contributed by atoms with Crippen molar-refractivity contribution in [3.63, 3.8) is 0 Å². The maximum absolute atomic E-state index is 12.7. The number of pyridine rings is 1. The van der Waals surface area contributed by atoms with Gasteiger partial charge in [0.2, 0.25) is 5.91 Å². The minimum Gasteiger partial charge on any atom is -0.369 e. The van der Waals surface area contributed by atoms with Crippen molar-refractivity contribution in [1.29, 1.82) is 0 Å². The van der Waals surface area contributed by atoms with Gasteiger partial charge in [0.05, 0.1) is 0 Å². The number of piperazine rings is 1. The second-order valence-corrected chi connectivity index (χ2v) is 8.72. The van der Waals surface area contributed by atoms with Crippen LogP contribution in [0, 0.1) is 6.92 Å². The zero-order valence-corrected chi connectivity index (χ0v) is 19.7. The van der Waals surface area contributed by atoms with Gasteiger partial charge in [-0.15, -0.1) is 0 Å². The van der Waals surface area contributed by atoms with E-state index >= 15 is 0 Å². The second-order valence-electron chi connectivity index (χ2n) is 8.72. The first-order valence-corrected chi connectivity index (χ1v) is 11.8. The highest BCUT2D eigenvalue weighted by molar-refractivity contribution is 5.81. The number of carbonyl (C=O) groups excluding carboxylic acids is 1. The maximum Gasteiger partial charge on any atom is 0.224 e. The Bertz CT molecular complexity index is 924. The number of aliphatic imine (C=N–C) groups is 1. The number of anilines is 2. The third kappa shape index (κ3) is 6.15. The standard InChI is InChI=1S/C25H35N7O/c1-20-6-8-22(9-7-20)32-14-11-21(19-32)29-25(26-2)28-13-10-24(33)31-17-15-30(16-18-31)23-5-3-4-12-27-23/h3-9,12,21H,10-11,13-19H2,1-2H3,(H2,26,28,29). The zero-order chi connectivity index (χ0) is 23.0. The Labute approximate surface area is 196 Å². The predicted molar refractivity (Wildman–Crippen MR) is 134 cm³/mol. The lowest BCUT2D eigenvalue weighted by atomic mass is 10.2. The first-order valence-electron chi connectivity index (χ1n) is 11.8. The van der Waals surface area contributed by atoms with Gasteiger partial charge in [-0.05, 0) is 37.6 Å². The number of hydrogen-bond acceptors (Lipinski definition) is 5. The molecule has 2 aromatic rings. The van der Waals surface area contributed by atoms with Gasteiger partial charge in [0, 0.05) is 77.2 Å². The fraction of sp³-hybridized carbons (Fsp3) is 0.480. The highest BCUT2D eigenvalue weighted by Gasteiger charge is 2.24. The molecule has 2 fully saturated rings. The van der Waals surface area contributed by atoms with Gasteiger partial charge in [0.1, 0.15) is 5.82 Å². The van der Waals surface area contributed by atoms with E-state index in [1.54, 1.807) is 7.05 Å². The molecule has 2 N–H and O–H groups in total. The van der Waals surface area contributed by atoms with E-state index in [-0.39, 0.29) is 5.91 Å². The quantitative estimate of drug-likeness (QED) is 0.518. The minimum absolute atomic E-state index is 0.185. The summed E-state index contributed by atoms with van der Waals surface area (Å²) in [5.74, 6) is 1.93. The molecule has 0 saturated carbocycles. The van der Waals surface area contributed by atoms with Gasteiger partial charge < -0.3 is 25.3 Å². The van der Waals surface area contributed by atoms with Crippen molar-refractivity contribution < 1.29 is 4.79 Å². The summed E-state index contributed by atoms with van der Waals surface area (Å²) < 4.78 is 0. The van der Waals surface area contributed by atoms with Crippen LogP contribution in [0.1, 0.15) is 18.4 Å². The van der Waals surface area contributed by atoms with Gasteiger partial charge in [0.15, 0.2) is 5.96 Å². The molecule has 4 rings (SSSR count). The van der Waals surface area contributed by atoms with Crippen molar-refractivity contribution >= 4 is 23.4 Å². The summed E-state index contributed by atoms with van der Waals surface area (Å²) in [5, 5.41) is 6.83. The van der Waals surface area contributed by atoms with Crippen LogP contribution >= 0.6 is 0 Å². The number of hydrogen-bond donors (Lipinski definition) is 2. The number of nitrogens with zero attached hydrogens (tertiary/aromatic N) is 5. The number of aryl methyl sites for hydroxylation is 1. The first-order chi connectivity index (χ1) is 16.1. The Hall–Kier alpha value is -3.29. The molecule has 1 amide bonds. The van der Waals surface area contributed by atoms with Crippen LogP contribution < -0.4 is 20.4 Å². The monoisotopic (exact) mass is 449 g/mol. The molecule has 1 aromatic heterocycles. The van der Waals surface area contributed by atoms with Crippen molar-refractivity contribution in [2.24, 2.45) is 4.99 Å². The van der Waals surface area contributed by atoms with Gasteiger partial charge in [-0.3, -0.25) is 9.79 Å². The molecule has 1 unspecified atom stereocenters. The number of carbonyl (C=O) groups is 1. The molecule has 2 aliphatic rings. The molecular formula is C25H35N7O. The van der Waals surface area contributed by atoms with E-state index in [1.807, 2.05) is 29.3 Å². The number of guanidine groups is 1. The van der Waals surface area contributed by atoms with Crippen molar-refractivity contribution in [2.75, 3.05) is 62.7 Å². The van der Waals surface area contributed by atoms with E-state index in [0.29, 0.717) is 19.0 Å². The summed E-state index contributed by atoms with van der Waals surface area (Å²) in [6.07, 6.45) is 3.34. The van der Waals surface area contributed by atoms with Gasteiger partial charge in [-0.2, -0.15) is 0 Å². The summed E-state index contributed by atoms with van der Waals surface area (Å²) in [6, 6.07) is 15.0. The third-order valence-electron chi connectivity index (χ3n) is 6.39. The lowest BCUT2D eigenvalue weighted by Gasteiger charge is -2.35. The van der Waals surface area contributed by atoms with Crippen LogP contribution in [0.25, 0.3) is 0 Å². The van der Waals surface area contributed by atoms with E-state index in [9.17, 15) is 4.79 Å². The van der Waals surface area contributed by atoms with Crippen LogP contribution in [-0.4, -0.2) is 80.7 Å². The molecule has 0 bridgehead atoms. The van der Waals surface area contributed by atoms with E-state index in [0.717, 1.165) is 57.5 Å². The zero-order valence-electron chi connectivity index (χ0n) is 19.7. The number of nitrogens with one attached hydrogen (secondary N) is 2. The second kappa shape index (κ2) is 11.0. The Morgan fingerprint density at radius 2 is 1.85 bits per heavy atom. The molecular weight excluding hydrogens is 414 g/mol. The molecule has 0 spiro atoms. The highest BCUT2D eigenvalue weighted by Crippen LogP contribution is 2.20. The molecule has 2 saturated heterocycles. The Morgan fingerprint density at radius 1 is 1.06 bits per heavy atom. The van der Waals surface area contributed by atoms with Crippen LogP contribution in [-0.2, 0) is 4.79 Å². The topological polar surface area (TPSA) is 76.1 Å². The molecule has 33 heavy (non-hydrogen) atoms. The Kier molecular flexibility index (Phi) is 7.65. The summed E-state index contributed by atoms with van der Waals surface area (Å²) in [7, 11) is 1.78. The minimum atomic E-state index is 0.185. The average molecular weight is 450 g/mol. The first kappa shape index (κ1) is 22.9. The van der Waals surface area contributed by atoms with Gasteiger partial charge in [-0.25, -0.2) is 4.98 Å². The van der Waals surface area contributed by atoms with Crippen molar-refractivity contribution in [2.45, 2.75) is 25.8 Å². The van der Waals surface area contributed by atoms with E-state index < -0.39 is 0 Å². The number of amides is 1. The lowest BCUT2D eigenvalue weighted by Crippen LogP contribution is -2.50. The van der Waals surface area contributed by atoms with E-state index in [2.05, 4.69) is 61.6 Å². The number of aromatic nitrogens is 1. The third-order valence-corrected chi connectivity index (χ3v) is 6.39. The van der Waals surface area contributed by atoms with Crippen LogP contribution in [0.4, 0.5) is 11.5 Å². The van der Waals surface area contributed by atoms with Crippen LogP contribution in [0.3, 0.4) is 0 Å². The van der Waals surface area contributed by atoms with Crippen molar-refractivity contribution in [1.82, 2.24) is 20.5 Å². The molecule has 3 heterocycles. The summed E-state index contributed by atoms with van der Waals surface area (Å²) in [4.78, 5) is 28.0. The molecule has 2 aliphatic heterocycles. The predicted octanol–water partition coefficient (Wildman–Crippen LogP) is 1.87. The number of benzene rings is 1. The fourth-order valence-corrected chi connectivity index (χ4v) is 4.43. The molecule has 1 atom stereocenters. The highest BCUT2D eigenvalue weighted by atomic mass is 16.2. The van der Waals surface area contributed by atoms with Gasteiger partial charge in [-0.1, -0.05) is 23.8 Å². The molecule has 0 radical (unpaired) electrons. The van der Waals surface area contributed by atoms with Gasteiger partial charge in [0.25, 0.3) is 0 Å². The lowest BCUT2D eigenvalue weighted by molar-refractivity contribution is -0.131. The molecule has 1 aromatic carbocycles. The van der Waals surface area contributed by atoms with Crippen LogP contribution in [0.15, 0.2) is 53.7 Å². The smallest absolute Gasteiger partial charge is 0.224 e. The largest absolute Gasteiger partial charge is 0.369 e. The van der Waals surface area contributed by atoms with E-state index in [4.69, 9.17) is 0 Å². The normalized spacial score (nSPS) is 19.0. The SMILES string of the molecule is CN=C(NCCC(=O)N1CCN(c2ccccn2)CC1)NC1CCN(c2ccc(C)cc2)C1. The van der Waals surface area contributed by atoms with Crippen molar-refractivity contribution in [3.05, 3.63) is 54.2 Å². The van der Waals surface area contributed by atoms with Gasteiger partial charge >= 0.3 is 0 Å². The number of rotatable bonds is 6. The summed E-state index contributed by atoms with van der Waals surface area (Å²) in [6.45, 7) is 7.77. The van der Waals surface area contributed by atoms with E-state index in [1.165, 1.54) is 11.3 Å². The summed E-state index contributed by atoms with van der Waals surface area (Å²) >= 11 is 0. The summed E-state index contributed by atoms with van der Waals surface area (Å²) in [5.41, 5.74) is 2.54.